The lowest BCUT2D eigenvalue weighted by atomic mass is 9.83. The van der Waals surface area contributed by atoms with Crippen LogP contribution in [0.1, 0.15) is 21.9 Å². The fourth-order valence-corrected chi connectivity index (χ4v) is 8.66. The number of nitrogens with one attached hydrogen (secondary N) is 1. The molecule has 0 spiro atoms. The van der Waals surface area contributed by atoms with Gasteiger partial charge in [-0.3, -0.25) is 23.7 Å². The first-order valence-electron chi connectivity index (χ1n) is 13.1. The molecule has 0 bridgehead atoms. The Labute approximate surface area is 265 Å². The van der Waals surface area contributed by atoms with E-state index in [1.54, 1.807) is 36.4 Å². The topological polar surface area (TPSA) is 97.7 Å². The van der Waals surface area contributed by atoms with E-state index in [9.17, 15) is 32.3 Å². The standard InChI is InChI=1S/C30H21BrF3N3O5S2/c1-42-18-11-9-17(10-12-18)37-26(39)23-22(15-5-4-6-16(31)13-15)25-28(43-24(23)27(37)40)36(29(41)44-25)14-21(38)35-20-8-3-2-7-19(20)30(32,33)34/h2-13,22-24H,14H2,1H3,(H,35,38). The molecule has 14 heteroatoms. The third-order valence-corrected chi connectivity index (χ3v) is 10.5. The summed E-state index contributed by atoms with van der Waals surface area (Å²) in [7, 11) is 1.50. The summed E-state index contributed by atoms with van der Waals surface area (Å²) in [6.07, 6.45) is -4.70. The molecule has 1 N–H and O–H groups in total. The number of methoxy groups -OCH3 is 1. The number of rotatable bonds is 6. The Morgan fingerprint density at radius 1 is 1.00 bits per heavy atom. The van der Waals surface area contributed by atoms with Crippen molar-refractivity contribution < 1.29 is 32.3 Å². The molecule has 0 radical (unpaired) electrons. The minimum Gasteiger partial charge on any atom is -0.497 e. The van der Waals surface area contributed by atoms with Crippen molar-refractivity contribution in [2.24, 2.45) is 5.92 Å². The second-order valence-corrected chi connectivity index (χ2v) is 13.1. The van der Waals surface area contributed by atoms with Gasteiger partial charge in [0, 0.05) is 15.3 Å². The van der Waals surface area contributed by atoms with E-state index in [0.717, 1.165) is 49.2 Å². The number of halogens is 4. The fourth-order valence-electron chi connectivity index (χ4n) is 5.47. The number of hydrogen-bond acceptors (Lipinski definition) is 7. The van der Waals surface area contributed by atoms with E-state index < -0.39 is 63.7 Å². The number of hydrogen-bond donors (Lipinski definition) is 1. The van der Waals surface area contributed by atoms with Crippen molar-refractivity contribution in [3.63, 3.8) is 0 Å². The van der Waals surface area contributed by atoms with Crippen LogP contribution in [0.4, 0.5) is 24.5 Å². The van der Waals surface area contributed by atoms with Crippen LogP contribution in [0, 0.1) is 5.92 Å². The Morgan fingerprint density at radius 2 is 1.73 bits per heavy atom. The Bertz CT molecular complexity index is 1860. The Morgan fingerprint density at radius 3 is 2.41 bits per heavy atom. The Hall–Kier alpha value is -3.88. The van der Waals surface area contributed by atoms with Crippen molar-refractivity contribution in [3.8, 4) is 5.75 Å². The van der Waals surface area contributed by atoms with Crippen LogP contribution < -0.4 is 19.8 Å². The summed E-state index contributed by atoms with van der Waals surface area (Å²) in [4.78, 5) is 55.3. The summed E-state index contributed by atoms with van der Waals surface area (Å²) in [6.45, 7) is -0.587. The summed E-state index contributed by atoms with van der Waals surface area (Å²) in [5, 5.41) is 1.67. The Kier molecular flexibility index (Phi) is 7.92. The molecule has 3 amide bonds. The van der Waals surface area contributed by atoms with Gasteiger partial charge in [0.1, 0.15) is 17.5 Å². The highest BCUT2D eigenvalue weighted by Crippen LogP contribution is 2.54. The zero-order valence-corrected chi connectivity index (χ0v) is 25.9. The van der Waals surface area contributed by atoms with Crippen LogP contribution in [-0.4, -0.2) is 34.6 Å². The molecule has 226 valence electrons. The van der Waals surface area contributed by atoms with Gasteiger partial charge in [-0.15, -0.1) is 0 Å². The molecule has 3 unspecified atom stereocenters. The third-order valence-electron chi connectivity index (χ3n) is 7.40. The first-order valence-corrected chi connectivity index (χ1v) is 15.6. The van der Waals surface area contributed by atoms with E-state index in [1.807, 2.05) is 12.1 Å². The molecule has 0 saturated carbocycles. The van der Waals surface area contributed by atoms with Gasteiger partial charge in [0.15, 0.2) is 0 Å². The summed E-state index contributed by atoms with van der Waals surface area (Å²) in [6, 6.07) is 18.3. The van der Waals surface area contributed by atoms with Gasteiger partial charge in [-0.25, -0.2) is 4.90 Å². The lowest BCUT2D eigenvalue weighted by molar-refractivity contribution is -0.137. The number of fused-ring (bicyclic) bond motifs is 2. The van der Waals surface area contributed by atoms with E-state index in [-0.39, 0.29) is 0 Å². The average molecular weight is 705 g/mol. The number of thioether (sulfide) groups is 1. The monoisotopic (exact) mass is 703 g/mol. The molecule has 1 aromatic heterocycles. The number of para-hydroxylation sites is 1. The molecule has 44 heavy (non-hydrogen) atoms. The van der Waals surface area contributed by atoms with E-state index in [1.165, 1.54) is 19.2 Å². The molecule has 2 aliphatic heterocycles. The van der Waals surface area contributed by atoms with Gasteiger partial charge in [0.2, 0.25) is 17.7 Å². The summed E-state index contributed by atoms with van der Waals surface area (Å²) >= 11 is 5.32. The van der Waals surface area contributed by atoms with Crippen LogP contribution in [0.5, 0.6) is 5.75 Å². The second-order valence-electron chi connectivity index (χ2n) is 10.0. The zero-order chi connectivity index (χ0) is 31.3. The van der Waals surface area contributed by atoms with E-state index in [0.29, 0.717) is 26.9 Å². The number of nitrogens with zero attached hydrogens (tertiary/aromatic N) is 2. The summed E-state index contributed by atoms with van der Waals surface area (Å²) in [5.74, 6) is -2.75. The van der Waals surface area contributed by atoms with Gasteiger partial charge in [0.05, 0.1) is 35.0 Å². The minimum absolute atomic E-state index is 0.322. The smallest absolute Gasteiger partial charge is 0.418 e. The lowest BCUT2D eigenvalue weighted by Crippen LogP contribution is -2.33. The number of thiazole rings is 1. The number of benzene rings is 3. The predicted octanol–water partition coefficient (Wildman–Crippen LogP) is 6.13. The molecule has 3 atom stereocenters. The van der Waals surface area contributed by atoms with E-state index in [2.05, 4.69) is 21.2 Å². The van der Waals surface area contributed by atoms with Gasteiger partial charge in [-0.2, -0.15) is 13.2 Å². The zero-order valence-electron chi connectivity index (χ0n) is 22.6. The quantitative estimate of drug-likeness (QED) is 0.243. The van der Waals surface area contributed by atoms with Gasteiger partial charge in [0.25, 0.3) is 0 Å². The van der Waals surface area contributed by atoms with Gasteiger partial charge < -0.3 is 10.1 Å². The number of anilines is 2. The fraction of sp³-hybridized carbons (Fsp3) is 0.200. The number of carbonyl (C=O) groups is 3. The maximum Gasteiger partial charge on any atom is 0.418 e. The first kappa shape index (κ1) is 30.2. The molecule has 1 saturated heterocycles. The van der Waals surface area contributed by atoms with Crippen LogP contribution in [0.3, 0.4) is 0 Å². The number of amides is 3. The van der Waals surface area contributed by atoms with E-state index >= 15 is 0 Å². The molecule has 8 nitrogen and oxygen atoms in total. The van der Waals surface area contributed by atoms with Crippen molar-refractivity contribution in [1.29, 1.82) is 0 Å². The summed E-state index contributed by atoms with van der Waals surface area (Å²) in [5.41, 5.74) is -0.403. The highest BCUT2D eigenvalue weighted by atomic mass is 79.9. The molecule has 2 aliphatic rings. The van der Waals surface area contributed by atoms with Crippen LogP contribution in [0.2, 0.25) is 0 Å². The van der Waals surface area contributed by atoms with Crippen molar-refractivity contribution in [2.75, 3.05) is 17.3 Å². The van der Waals surface area contributed by atoms with Crippen LogP contribution in [0.15, 0.2) is 87.1 Å². The van der Waals surface area contributed by atoms with Gasteiger partial charge in [-0.1, -0.05) is 63.3 Å². The average Bonchev–Trinajstić information content (AvgIpc) is 3.43. The maximum absolute atomic E-state index is 14.0. The molecule has 3 aromatic carbocycles. The number of carbonyl (C=O) groups excluding carboxylic acids is 3. The first-order chi connectivity index (χ1) is 21.0. The molecule has 0 aliphatic carbocycles. The molecular weight excluding hydrogens is 683 g/mol. The predicted molar refractivity (Wildman–Crippen MR) is 163 cm³/mol. The van der Waals surface area contributed by atoms with Gasteiger partial charge >= 0.3 is 11.0 Å². The number of alkyl halides is 3. The van der Waals surface area contributed by atoms with Crippen molar-refractivity contribution in [2.45, 2.75) is 28.9 Å². The molecule has 1 fully saturated rings. The van der Waals surface area contributed by atoms with Crippen molar-refractivity contribution >= 4 is 68.1 Å². The summed E-state index contributed by atoms with van der Waals surface area (Å²) < 4.78 is 47.6. The van der Waals surface area contributed by atoms with Crippen molar-refractivity contribution in [1.82, 2.24) is 4.57 Å². The van der Waals surface area contributed by atoms with Gasteiger partial charge in [-0.05, 0) is 54.1 Å². The number of aromatic nitrogens is 1. The second kappa shape index (κ2) is 11.6. The largest absolute Gasteiger partial charge is 0.497 e. The van der Waals surface area contributed by atoms with Crippen LogP contribution in [-0.2, 0) is 27.1 Å². The normalized spacial score (nSPS) is 19.5. The molecule has 3 heterocycles. The SMILES string of the molecule is COc1ccc(N2C(=O)C3Sc4c(sc(=O)n4CC(=O)Nc4ccccc4C(F)(F)F)C(c4cccc(Br)c4)C3C2=O)cc1. The lowest BCUT2D eigenvalue weighted by Gasteiger charge is -2.30. The highest BCUT2D eigenvalue weighted by molar-refractivity contribution is 9.10. The molecular formula is C30H21BrF3N3O5S2. The Balaban J connectivity index is 1.39. The van der Waals surface area contributed by atoms with Crippen LogP contribution >= 0.6 is 39.0 Å². The molecule has 4 aromatic rings. The maximum atomic E-state index is 14.0. The third kappa shape index (κ3) is 5.35. The highest BCUT2D eigenvalue weighted by Gasteiger charge is 2.56. The van der Waals surface area contributed by atoms with Crippen LogP contribution in [0.25, 0.3) is 0 Å². The number of ether oxygens (including phenoxy) is 1. The molecule has 6 rings (SSSR count). The number of imide groups is 1. The van der Waals surface area contributed by atoms with E-state index in [4.69, 9.17) is 4.74 Å². The van der Waals surface area contributed by atoms with Crippen molar-refractivity contribution in [3.05, 3.63) is 103 Å². The minimum atomic E-state index is -4.70.